The summed E-state index contributed by atoms with van der Waals surface area (Å²) in [4.78, 5) is 23.0. The molecule has 2 heterocycles. The highest BCUT2D eigenvalue weighted by Gasteiger charge is 2.26. The van der Waals surface area contributed by atoms with Crippen LogP contribution >= 0.6 is 0 Å². The van der Waals surface area contributed by atoms with Crippen LogP contribution < -0.4 is 4.74 Å². The Bertz CT molecular complexity index is 746. The van der Waals surface area contributed by atoms with Crippen LogP contribution in [0.2, 0.25) is 0 Å². The third-order valence-electron chi connectivity index (χ3n) is 4.30. The molecule has 1 aliphatic rings. The van der Waals surface area contributed by atoms with E-state index in [1.165, 1.54) is 6.07 Å². The summed E-state index contributed by atoms with van der Waals surface area (Å²) in [6.45, 7) is 5.33. The Morgan fingerprint density at radius 1 is 1.32 bits per heavy atom. The van der Waals surface area contributed by atoms with Crippen molar-refractivity contribution in [3.8, 4) is 5.75 Å². The molecule has 1 aromatic heterocycles. The van der Waals surface area contributed by atoms with Gasteiger partial charge in [-0.25, -0.2) is 14.4 Å². The molecule has 2 aromatic rings. The van der Waals surface area contributed by atoms with Gasteiger partial charge in [0.05, 0.1) is 6.61 Å². The molecular formula is C19H22FN3O2. The molecule has 0 bridgehead atoms. The van der Waals surface area contributed by atoms with Gasteiger partial charge in [0, 0.05) is 24.7 Å². The van der Waals surface area contributed by atoms with E-state index in [1.54, 1.807) is 36.1 Å². The fraction of sp³-hybridized carbons (Fsp3) is 0.421. The lowest BCUT2D eigenvalue weighted by molar-refractivity contribution is 0.0625. The van der Waals surface area contributed by atoms with Crippen LogP contribution in [0.3, 0.4) is 0 Å². The van der Waals surface area contributed by atoms with Crippen molar-refractivity contribution in [3.05, 3.63) is 53.4 Å². The third-order valence-corrected chi connectivity index (χ3v) is 4.30. The summed E-state index contributed by atoms with van der Waals surface area (Å²) >= 11 is 0. The first-order valence-electron chi connectivity index (χ1n) is 8.52. The normalized spacial score (nSPS) is 17.4. The minimum atomic E-state index is -0.363. The van der Waals surface area contributed by atoms with Gasteiger partial charge in [-0.1, -0.05) is 12.1 Å². The van der Waals surface area contributed by atoms with Gasteiger partial charge in [0.1, 0.15) is 11.5 Å². The predicted octanol–water partition coefficient (Wildman–Crippen LogP) is 3.16. The molecule has 0 saturated carbocycles. The monoisotopic (exact) mass is 343 g/mol. The molecule has 25 heavy (non-hydrogen) atoms. The van der Waals surface area contributed by atoms with E-state index in [-0.39, 0.29) is 23.4 Å². The van der Waals surface area contributed by atoms with Crippen molar-refractivity contribution in [1.82, 2.24) is 14.9 Å². The number of amides is 1. The second-order valence-electron chi connectivity index (χ2n) is 6.44. The van der Waals surface area contributed by atoms with Gasteiger partial charge in [0.2, 0.25) is 0 Å². The number of halogens is 1. The maximum Gasteiger partial charge on any atom is 0.272 e. The molecule has 1 amide bonds. The fourth-order valence-corrected chi connectivity index (χ4v) is 3.14. The minimum absolute atomic E-state index is 0.0795. The van der Waals surface area contributed by atoms with Crippen LogP contribution in [-0.4, -0.2) is 40.5 Å². The second-order valence-corrected chi connectivity index (χ2v) is 6.44. The predicted molar refractivity (Wildman–Crippen MR) is 92.0 cm³/mol. The number of benzene rings is 1. The molecule has 0 spiro atoms. The number of hydrogen-bond acceptors (Lipinski definition) is 4. The minimum Gasteiger partial charge on any atom is -0.490 e. The zero-order chi connectivity index (χ0) is 17.8. The molecule has 1 saturated heterocycles. The van der Waals surface area contributed by atoms with Gasteiger partial charge in [0.25, 0.3) is 5.91 Å². The van der Waals surface area contributed by atoms with Crippen molar-refractivity contribution in [2.75, 3.05) is 19.7 Å². The number of aromatic nitrogens is 2. The summed E-state index contributed by atoms with van der Waals surface area (Å²) < 4.78 is 19.3. The summed E-state index contributed by atoms with van der Waals surface area (Å²) in [6, 6.07) is 8.10. The van der Waals surface area contributed by atoms with Crippen LogP contribution in [0.15, 0.2) is 30.3 Å². The van der Waals surface area contributed by atoms with Gasteiger partial charge < -0.3 is 9.64 Å². The molecular weight excluding hydrogens is 321 g/mol. The van der Waals surface area contributed by atoms with E-state index >= 15 is 0 Å². The van der Waals surface area contributed by atoms with Gasteiger partial charge >= 0.3 is 0 Å². The van der Waals surface area contributed by atoms with E-state index in [0.717, 1.165) is 18.5 Å². The number of carbonyl (C=O) groups excluding carboxylic acids is 1. The molecule has 1 aromatic carbocycles. The average Bonchev–Trinajstić information content (AvgIpc) is 2.60. The van der Waals surface area contributed by atoms with Gasteiger partial charge in [-0.3, -0.25) is 4.79 Å². The van der Waals surface area contributed by atoms with Gasteiger partial charge in [0.15, 0.2) is 11.6 Å². The van der Waals surface area contributed by atoms with Gasteiger partial charge in [-0.15, -0.1) is 0 Å². The molecule has 0 aliphatic carbocycles. The van der Waals surface area contributed by atoms with Crippen LogP contribution in [0.1, 0.15) is 34.8 Å². The summed E-state index contributed by atoms with van der Waals surface area (Å²) in [6.07, 6.45) is 1.86. The smallest absolute Gasteiger partial charge is 0.272 e. The summed E-state index contributed by atoms with van der Waals surface area (Å²) in [7, 11) is 0. The Kier molecular flexibility index (Phi) is 5.26. The molecule has 6 heteroatoms. The van der Waals surface area contributed by atoms with Gasteiger partial charge in [-0.05, 0) is 44.9 Å². The van der Waals surface area contributed by atoms with E-state index in [2.05, 4.69) is 9.97 Å². The Hall–Kier alpha value is -2.50. The summed E-state index contributed by atoms with van der Waals surface area (Å²) in [5.41, 5.74) is 1.22. The molecule has 1 atom stereocenters. The second kappa shape index (κ2) is 7.59. The van der Waals surface area contributed by atoms with E-state index in [0.29, 0.717) is 31.2 Å². The highest BCUT2D eigenvalue weighted by molar-refractivity contribution is 5.92. The molecule has 132 valence electrons. The lowest BCUT2D eigenvalue weighted by Crippen LogP contribution is -2.42. The molecule has 1 aliphatic heterocycles. The van der Waals surface area contributed by atoms with Crippen LogP contribution in [0.5, 0.6) is 5.75 Å². The third kappa shape index (κ3) is 4.32. The average molecular weight is 343 g/mol. The van der Waals surface area contributed by atoms with Crippen molar-refractivity contribution in [1.29, 1.82) is 0 Å². The maximum absolute atomic E-state index is 13.6. The first kappa shape index (κ1) is 17.3. The summed E-state index contributed by atoms with van der Waals surface area (Å²) in [5.74, 6) is 0.594. The van der Waals surface area contributed by atoms with Crippen LogP contribution in [0, 0.1) is 25.6 Å². The topological polar surface area (TPSA) is 55.3 Å². The number of ether oxygens (including phenoxy) is 1. The number of piperidine rings is 1. The highest BCUT2D eigenvalue weighted by atomic mass is 19.1. The van der Waals surface area contributed by atoms with Crippen molar-refractivity contribution in [2.24, 2.45) is 5.92 Å². The Balaban J connectivity index is 1.62. The van der Waals surface area contributed by atoms with Crippen molar-refractivity contribution < 1.29 is 13.9 Å². The van der Waals surface area contributed by atoms with Crippen molar-refractivity contribution in [3.63, 3.8) is 0 Å². The number of rotatable bonds is 4. The zero-order valence-corrected chi connectivity index (χ0v) is 14.5. The Morgan fingerprint density at radius 2 is 2.12 bits per heavy atom. The Labute approximate surface area is 146 Å². The van der Waals surface area contributed by atoms with Crippen LogP contribution in [0.25, 0.3) is 0 Å². The number of para-hydroxylation sites is 1. The molecule has 3 rings (SSSR count). The SMILES string of the molecule is Cc1cc(C(=O)N2CCC[C@@H](COc3ccccc3F)C2)nc(C)n1. The van der Waals surface area contributed by atoms with E-state index in [1.807, 2.05) is 6.92 Å². The van der Waals surface area contributed by atoms with Gasteiger partial charge in [-0.2, -0.15) is 0 Å². The van der Waals surface area contributed by atoms with Crippen molar-refractivity contribution >= 4 is 5.91 Å². The van der Waals surface area contributed by atoms with Crippen molar-refractivity contribution in [2.45, 2.75) is 26.7 Å². The number of likely N-dealkylation sites (tertiary alicyclic amines) is 1. The molecule has 0 N–H and O–H groups in total. The number of hydrogen-bond donors (Lipinski definition) is 0. The highest BCUT2D eigenvalue weighted by Crippen LogP contribution is 2.21. The number of aryl methyl sites for hydroxylation is 2. The number of carbonyl (C=O) groups is 1. The lowest BCUT2D eigenvalue weighted by atomic mass is 9.98. The number of nitrogens with zero attached hydrogens (tertiary/aromatic N) is 3. The van der Waals surface area contributed by atoms with Crippen LogP contribution in [-0.2, 0) is 0 Å². The zero-order valence-electron chi connectivity index (χ0n) is 14.5. The van der Waals surface area contributed by atoms with E-state index in [9.17, 15) is 9.18 Å². The molecule has 1 fully saturated rings. The molecule has 0 unspecified atom stereocenters. The van der Waals surface area contributed by atoms with E-state index in [4.69, 9.17) is 4.74 Å². The first-order valence-corrected chi connectivity index (χ1v) is 8.52. The maximum atomic E-state index is 13.6. The molecule has 5 nitrogen and oxygen atoms in total. The standard InChI is InChI=1S/C19H22FN3O2/c1-13-10-17(22-14(2)21-13)19(24)23-9-5-6-15(11-23)12-25-18-8-4-3-7-16(18)20/h3-4,7-8,10,15H,5-6,9,11-12H2,1-2H3/t15-/m1/s1. The lowest BCUT2D eigenvalue weighted by Gasteiger charge is -2.32. The first-order chi connectivity index (χ1) is 12.0. The van der Waals surface area contributed by atoms with E-state index < -0.39 is 0 Å². The Morgan fingerprint density at radius 3 is 2.88 bits per heavy atom. The fourth-order valence-electron chi connectivity index (χ4n) is 3.14. The quantitative estimate of drug-likeness (QED) is 0.856. The largest absolute Gasteiger partial charge is 0.490 e. The van der Waals surface area contributed by atoms with Crippen LogP contribution in [0.4, 0.5) is 4.39 Å². The summed E-state index contributed by atoms with van der Waals surface area (Å²) in [5, 5.41) is 0. The molecule has 0 radical (unpaired) electrons.